The third kappa shape index (κ3) is 6.15. The Morgan fingerprint density at radius 3 is 2.50 bits per heavy atom. The number of methoxy groups -OCH3 is 1. The topological polar surface area (TPSA) is 70.7 Å². The largest absolute Gasteiger partial charge is 0.497 e. The van der Waals surface area contributed by atoms with Crippen molar-refractivity contribution in [1.29, 1.82) is 0 Å². The summed E-state index contributed by atoms with van der Waals surface area (Å²) in [6.07, 6.45) is 6.36. The second-order valence-corrected chi connectivity index (χ2v) is 7.39. The second-order valence-electron chi connectivity index (χ2n) is 6.98. The Kier molecular flexibility index (Phi) is 7.57. The lowest BCUT2D eigenvalue weighted by atomic mass is 10.1. The molecule has 30 heavy (non-hydrogen) atoms. The van der Waals surface area contributed by atoms with Gasteiger partial charge < -0.3 is 15.0 Å². The van der Waals surface area contributed by atoms with Crippen LogP contribution >= 0.6 is 12.2 Å². The number of amides is 2. The van der Waals surface area contributed by atoms with E-state index in [0.717, 1.165) is 37.2 Å². The zero-order valence-electron chi connectivity index (χ0n) is 16.9. The maximum absolute atomic E-state index is 12.7. The van der Waals surface area contributed by atoms with E-state index in [1.165, 1.54) is 12.5 Å². The molecule has 1 heterocycles. The highest BCUT2D eigenvalue weighted by atomic mass is 32.1. The Hall–Kier alpha value is -3.19. The number of carbonyl (C=O) groups is 2. The predicted octanol–water partition coefficient (Wildman–Crippen LogP) is 3.85. The van der Waals surface area contributed by atoms with Gasteiger partial charge in [0, 0.05) is 30.4 Å². The van der Waals surface area contributed by atoms with Crippen LogP contribution in [0.5, 0.6) is 5.75 Å². The fraction of sp³-hybridized carbons (Fsp3) is 0.261. The number of hydrogen-bond acceptors (Lipinski definition) is 4. The lowest BCUT2D eigenvalue weighted by molar-refractivity contribution is -0.115. The highest BCUT2D eigenvalue weighted by Gasteiger charge is 2.18. The Bertz CT molecular complexity index is 935. The van der Waals surface area contributed by atoms with Crippen molar-refractivity contribution in [3.8, 4) is 5.75 Å². The minimum absolute atomic E-state index is 0.0238. The van der Waals surface area contributed by atoms with Crippen LogP contribution in [0.4, 0.5) is 5.69 Å². The number of nitrogens with zero attached hydrogens (tertiary/aromatic N) is 1. The Morgan fingerprint density at radius 2 is 1.80 bits per heavy atom. The van der Waals surface area contributed by atoms with E-state index in [1.807, 2.05) is 29.2 Å². The Labute approximate surface area is 181 Å². The van der Waals surface area contributed by atoms with Gasteiger partial charge in [0.2, 0.25) is 5.91 Å². The summed E-state index contributed by atoms with van der Waals surface area (Å²) in [6, 6.07) is 14.5. The van der Waals surface area contributed by atoms with Crippen molar-refractivity contribution in [2.24, 2.45) is 0 Å². The Balaban J connectivity index is 1.54. The lowest BCUT2D eigenvalue weighted by Gasteiger charge is -2.26. The lowest BCUT2D eigenvalue weighted by Crippen LogP contribution is -2.35. The van der Waals surface area contributed by atoms with Crippen LogP contribution in [-0.2, 0) is 4.79 Å². The van der Waals surface area contributed by atoms with Crippen molar-refractivity contribution in [3.63, 3.8) is 0 Å². The number of carbonyl (C=O) groups excluding carboxylic acids is 2. The summed E-state index contributed by atoms with van der Waals surface area (Å²) in [5.41, 5.74) is 2.13. The number of hydrogen-bond donors (Lipinski definition) is 2. The number of thiocarbonyl (C=S) groups is 1. The zero-order chi connectivity index (χ0) is 21.3. The molecule has 1 saturated heterocycles. The number of benzene rings is 2. The van der Waals surface area contributed by atoms with Crippen LogP contribution in [0.1, 0.15) is 35.2 Å². The van der Waals surface area contributed by atoms with E-state index in [1.54, 1.807) is 37.5 Å². The summed E-state index contributed by atoms with van der Waals surface area (Å²) in [7, 11) is 1.60. The van der Waals surface area contributed by atoms with Crippen LogP contribution in [0.3, 0.4) is 0 Å². The van der Waals surface area contributed by atoms with Crippen molar-refractivity contribution in [1.82, 2.24) is 10.2 Å². The minimum atomic E-state index is -0.344. The van der Waals surface area contributed by atoms with Gasteiger partial charge in [0.05, 0.1) is 7.11 Å². The molecule has 1 fully saturated rings. The molecule has 3 rings (SSSR count). The molecule has 1 aliphatic heterocycles. The summed E-state index contributed by atoms with van der Waals surface area (Å²) in [5.74, 6) is 0.433. The van der Waals surface area contributed by atoms with Crippen molar-refractivity contribution in [2.75, 3.05) is 25.5 Å². The van der Waals surface area contributed by atoms with Crippen LogP contribution in [0.15, 0.2) is 54.6 Å². The number of ether oxygens (including phenoxy) is 1. The molecular formula is C23H25N3O3S. The average molecular weight is 424 g/mol. The van der Waals surface area contributed by atoms with E-state index in [-0.39, 0.29) is 16.9 Å². The standard InChI is InChI=1S/C23H25N3O3S/c1-29-20-11-8-17(9-12-20)10-13-21(27)25-23(30)24-19-7-5-6-18(16-19)22(28)26-14-3-2-4-15-26/h5-13,16H,2-4,14-15H2,1H3,(H2,24,25,27,30)/b13-10+. The van der Waals surface area contributed by atoms with Crippen LogP contribution in [0, 0.1) is 0 Å². The molecule has 156 valence electrons. The monoisotopic (exact) mass is 423 g/mol. The van der Waals surface area contributed by atoms with Gasteiger partial charge >= 0.3 is 0 Å². The number of nitrogens with one attached hydrogen (secondary N) is 2. The number of rotatable bonds is 5. The van der Waals surface area contributed by atoms with Crippen molar-refractivity contribution >= 4 is 40.9 Å². The van der Waals surface area contributed by atoms with Crippen LogP contribution in [-0.4, -0.2) is 42.0 Å². The second kappa shape index (κ2) is 10.5. The summed E-state index contributed by atoms with van der Waals surface area (Å²) in [5, 5.41) is 5.74. The molecule has 1 aliphatic rings. The van der Waals surface area contributed by atoms with Gasteiger partial charge in [-0.1, -0.05) is 18.2 Å². The van der Waals surface area contributed by atoms with Crippen LogP contribution in [0.25, 0.3) is 6.08 Å². The first-order chi connectivity index (χ1) is 14.5. The maximum Gasteiger partial charge on any atom is 0.253 e. The van der Waals surface area contributed by atoms with E-state index in [2.05, 4.69) is 10.6 Å². The zero-order valence-corrected chi connectivity index (χ0v) is 17.7. The van der Waals surface area contributed by atoms with Crippen LogP contribution in [0.2, 0.25) is 0 Å². The summed E-state index contributed by atoms with van der Waals surface area (Å²) < 4.78 is 5.11. The Morgan fingerprint density at radius 1 is 1.07 bits per heavy atom. The summed E-state index contributed by atoms with van der Waals surface area (Å²) in [6.45, 7) is 1.59. The molecular weight excluding hydrogens is 398 g/mol. The highest BCUT2D eigenvalue weighted by molar-refractivity contribution is 7.80. The molecule has 7 heteroatoms. The average Bonchev–Trinajstić information content (AvgIpc) is 2.78. The van der Waals surface area contributed by atoms with Gasteiger partial charge in [-0.3, -0.25) is 14.9 Å². The van der Waals surface area contributed by atoms with Gasteiger partial charge in [0.25, 0.3) is 5.91 Å². The molecule has 0 spiro atoms. The predicted molar refractivity (Wildman–Crippen MR) is 123 cm³/mol. The van der Waals surface area contributed by atoms with Gasteiger partial charge in [-0.2, -0.15) is 0 Å². The molecule has 2 amide bonds. The molecule has 6 nitrogen and oxygen atoms in total. The highest BCUT2D eigenvalue weighted by Crippen LogP contribution is 2.16. The first kappa shape index (κ1) is 21.5. The molecule has 0 unspecified atom stereocenters. The minimum Gasteiger partial charge on any atom is -0.497 e. The van der Waals surface area contributed by atoms with E-state index in [4.69, 9.17) is 17.0 Å². The van der Waals surface area contributed by atoms with Crippen molar-refractivity contribution < 1.29 is 14.3 Å². The third-order valence-corrected chi connectivity index (χ3v) is 4.99. The van der Waals surface area contributed by atoms with Crippen molar-refractivity contribution in [3.05, 3.63) is 65.7 Å². The van der Waals surface area contributed by atoms with Gasteiger partial charge in [-0.25, -0.2) is 0 Å². The van der Waals surface area contributed by atoms with Crippen LogP contribution < -0.4 is 15.4 Å². The maximum atomic E-state index is 12.7. The molecule has 0 atom stereocenters. The molecule has 0 aliphatic carbocycles. The molecule has 0 saturated carbocycles. The molecule has 2 aromatic carbocycles. The normalized spacial score (nSPS) is 13.7. The van der Waals surface area contributed by atoms with Crippen molar-refractivity contribution in [2.45, 2.75) is 19.3 Å². The molecule has 2 aromatic rings. The fourth-order valence-corrected chi connectivity index (χ4v) is 3.43. The van der Waals surface area contributed by atoms with Gasteiger partial charge in [-0.05, 0) is 73.5 Å². The molecule has 0 radical (unpaired) electrons. The van der Waals surface area contributed by atoms with E-state index in [9.17, 15) is 9.59 Å². The molecule has 0 bridgehead atoms. The number of piperidine rings is 1. The van der Waals surface area contributed by atoms with Gasteiger partial charge in [0.15, 0.2) is 5.11 Å². The van der Waals surface area contributed by atoms with E-state index < -0.39 is 0 Å². The number of likely N-dealkylation sites (tertiary alicyclic amines) is 1. The SMILES string of the molecule is COc1ccc(/C=C/C(=O)NC(=S)Nc2cccc(C(=O)N3CCCCC3)c2)cc1. The molecule has 0 aromatic heterocycles. The first-order valence-corrected chi connectivity index (χ1v) is 10.3. The molecule has 2 N–H and O–H groups in total. The smallest absolute Gasteiger partial charge is 0.253 e. The van der Waals surface area contributed by atoms with Gasteiger partial charge in [-0.15, -0.1) is 0 Å². The van der Waals surface area contributed by atoms with E-state index in [0.29, 0.717) is 11.3 Å². The van der Waals surface area contributed by atoms with E-state index >= 15 is 0 Å². The third-order valence-electron chi connectivity index (χ3n) is 4.79. The summed E-state index contributed by atoms with van der Waals surface area (Å²) in [4.78, 5) is 26.6. The van der Waals surface area contributed by atoms with Gasteiger partial charge in [0.1, 0.15) is 5.75 Å². The summed E-state index contributed by atoms with van der Waals surface area (Å²) >= 11 is 5.22. The number of anilines is 1. The fourth-order valence-electron chi connectivity index (χ4n) is 3.21. The quantitative estimate of drug-likeness (QED) is 0.565. The first-order valence-electron chi connectivity index (χ1n) is 9.88.